The molecule has 3 N–H and O–H groups in total. The van der Waals surface area contributed by atoms with Gasteiger partial charge in [-0.05, 0) is 13.0 Å². The highest BCUT2D eigenvalue weighted by atomic mass is 16.7. The van der Waals surface area contributed by atoms with Crippen molar-refractivity contribution in [3.05, 3.63) is 0 Å². The number of aliphatic hydroxyl groups excluding tert-OH is 3. The highest BCUT2D eigenvalue weighted by Gasteiger charge is 2.43. The Morgan fingerprint density at radius 1 is 0.846 bits per heavy atom. The first kappa shape index (κ1) is 23.8. The van der Waals surface area contributed by atoms with E-state index < -0.39 is 24.6 Å². The number of unbranched alkanes of at least 4 members (excludes halogenated alkanes) is 9. The van der Waals surface area contributed by atoms with Gasteiger partial charge in [-0.2, -0.15) is 0 Å². The van der Waals surface area contributed by atoms with Crippen molar-refractivity contribution in [2.75, 3.05) is 33.4 Å². The maximum absolute atomic E-state index is 10.1. The lowest BCUT2D eigenvalue weighted by Crippen LogP contribution is -2.41. The van der Waals surface area contributed by atoms with Crippen LogP contribution in [-0.4, -0.2) is 78.2 Å². The number of methoxy groups -OCH3 is 1. The van der Waals surface area contributed by atoms with Gasteiger partial charge >= 0.3 is 0 Å². The van der Waals surface area contributed by atoms with Crippen molar-refractivity contribution in [1.29, 1.82) is 0 Å². The summed E-state index contributed by atoms with van der Waals surface area (Å²) < 4.78 is 10.6. The van der Waals surface area contributed by atoms with Crippen molar-refractivity contribution in [2.24, 2.45) is 0 Å². The van der Waals surface area contributed by atoms with Gasteiger partial charge < -0.3 is 24.8 Å². The fourth-order valence-electron chi connectivity index (χ4n) is 3.57. The summed E-state index contributed by atoms with van der Waals surface area (Å²) in [6.45, 7) is 4.25. The molecule has 1 heterocycles. The van der Waals surface area contributed by atoms with Crippen LogP contribution in [0.2, 0.25) is 0 Å². The van der Waals surface area contributed by atoms with E-state index in [0.717, 1.165) is 13.0 Å². The fraction of sp³-hybridized carbons (Fsp3) is 1.00. The lowest BCUT2D eigenvalue weighted by molar-refractivity contribution is -0.150. The predicted octanol–water partition coefficient (Wildman–Crippen LogP) is 2.29. The van der Waals surface area contributed by atoms with Crippen LogP contribution in [0.25, 0.3) is 0 Å². The smallest absolute Gasteiger partial charge is 0.186 e. The van der Waals surface area contributed by atoms with E-state index in [9.17, 15) is 15.3 Å². The van der Waals surface area contributed by atoms with Gasteiger partial charge in [0.15, 0.2) is 6.29 Å². The summed E-state index contributed by atoms with van der Waals surface area (Å²) in [5.41, 5.74) is 0. The minimum Gasteiger partial charge on any atom is -0.395 e. The monoisotopic (exact) mass is 375 g/mol. The van der Waals surface area contributed by atoms with E-state index in [4.69, 9.17) is 9.47 Å². The van der Waals surface area contributed by atoms with Crippen LogP contribution in [0.1, 0.15) is 71.1 Å². The van der Waals surface area contributed by atoms with E-state index >= 15 is 0 Å². The van der Waals surface area contributed by atoms with Crippen LogP contribution in [0.3, 0.4) is 0 Å². The number of hydrogen-bond donors (Lipinski definition) is 3. The minimum absolute atomic E-state index is 0.0802. The quantitative estimate of drug-likeness (QED) is 0.359. The Balaban J connectivity index is 2.13. The second kappa shape index (κ2) is 14.8. The first-order chi connectivity index (χ1) is 12.6. The molecule has 0 aromatic rings. The van der Waals surface area contributed by atoms with Crippen LogP contribution in [-0.2, 0) is 9.47 Å². The van der Waals surface area contributed by atoms with Gasteiger partial charge in [-0.25, -0.2) is 0 Å². The van der Waals surface area contributed by atoms with E-state index in [0.29, 0.717) is 13.1 Å². The zero-order chi connectivity index (χ0) is 19.2. The van der Waals surface area contributed by atoms with Crippen molar-refractivity contribution < 1.29 is 24.8 Å². The number of nitrogens with zero attached hydrogens (tertiary/aromatic N) is 1. The van der Waals surface area contributed by atoms with E-state index in [1.807, 2.05) is 0 Å². The van der Waals surface area contributed by atoms with E-state index in [1.54, 1.807) is 0 Å². The van der Waals surface area contributed by atoms with Crippen LogP contribution in [0, 0.1) is 0 Å². The molecule has 156 valence electrons. The third-order valence-electron chi connectivity index (χ3n) is 5.23. The molecule has 26 heavy (non-hydrogen) atoms. The molecule has 0 aromatic heterocycles. The minimum atomic E-state index is -1.02. The van der Waals surface area contributed by atoms with E-state index in [2.05, 4.69) is 11.8 Å². The normalized spacial score (nSPS) is 26.1. The summed E-state index contributed by atoms with van der Waals surface area (Å²) in [7, 11) is 1.46. The molecule has 0 radical (unpaired) electrons. The first-order valence-corrected chi connectivity index (χ1v) is 10.5. The second-order valence-corrected chi connectivity index (χ2v) is 7.47. The molecular weight excluding hydrogens is 334 g/mol. The Labute approximate surface area is 159 Å². The predicted molar refractivity (Wildman–Crippen MR) is 103 cm³/mol. The summed E-state index contributed by atoms with van der Waals surface area (Å²) in [5.74, 6) is 0. The van der Waals surface area contributed by atoms with Crippen molar-refractivity contribution >= 4 is 0 Å². The van der Waals surface area contributed by atoms with Gasteiger partial charge in [-0.1, -0.05) is 64.7 Å². The standard InChI is InChI=1S/C20H41NO5/c1-3-4-5-6-7-8-9-10-11-12-13-21(14-15-22)16-17-18(23)19(24)20(25-2)26-17/h17-20,22-24H,3-16H2,1-2H3/t17-,18-,19+,20+/m1/s1. The Hall–Kier alpha value is -0.240. The van der Waals surface area contributed by atoms with Crippen molar-refractivity contribution in [3.8, 4) is 0 Å². The summed E-state index contributed by atoms with van der Waals surface area (Å²) in [5, 5.41) is 29.2. The molecule has 1 rings (SSSR count). The van der Waals surface area contributed by atoms with Gasteiger partial charge in [0.05, 0.1) is 6.61 Å². The number of ether oxygens (including phenoxy) is 2. The molecule has 0 amide bonds. The van der Waals surface area contributed by atoms with E-state index in [1.165, 1.54) is 64.9 Å². The average Bonchev–Trinajstić information content (AvgIpc) is 2.91. The largest absolute Gasteiger partial charge is 0.395 e. The van der Waals surface area contributed by atoms with Crippen LogP contribution in [0.5, 0.6) is 0 Å². The number of hydrogen-bond acceptors (Lipinski definition) is 6. The molecule has 0 aliphatic carbocycles. The summed E-state index contributed by atoms with van der Waals surface area (Å²) >= 11 is 0. The van der Waals surface area contributed by atoms with Crippen molar-refractivity contribution in [1.82, 2.24) is 4.90 Å². The Morgan fingerprint density at radius 2 is 1.42 bits per heavy atom. The molecule has 0 spiro atoms. The lowest BCUT2D eigenvalue weighted by atomic mass is 10.1. The van der Waals surface area contributed by atoms with E-state index in [-0.39, 0.29) is 6.61 Å². The van der Waals surface area contributed by atoms with Crippen LogP contribution in [0.15, 0.2) is 0 Å². The van der Waals surface area contributed by atoms with Crippen LogP contribution < -0.4 is 0 Å². The Bertz CT molecular complexity index is 331. The van der Waals surface area contributed by atoms with Gasteiger partial charge in [0, 0.05) is 20.2 Å². The molecule has 1 saturated heterocycles. The molecule has 4 atom stereocenters. The number of rotatable bonds is 16. The molecule has 0 aromatic carbocycles. The molecule has 1 aliphatic rings. The van der Waals surface area contributed by atoms with Gasteiger partial charge in [0.2, 0.25) is 0 Å². The molecule has 6 nitrogen and oxygen atoms in total. The maximum Gasteiger partial charge on any atom is 0.186 e. The lowest BCUT2D eigenvalue weighted by Gasteiger charge is -2.25. The fourth-order valence-corrected chi connectivity index (χ4v) is 3.57. The highest BCUT2D eigenvalue weighted by Crippen LogP contribution is 2.22. The molecule has 0 unspecified atom stereocenters. The van der Waals surface area contributed by atoms with Crippen LogP contribution >= 0.6 is 0 Å². The topological polar surface area (TPSA) is 82.4 Å². The van der Waals surface area contributed by atoms with Gasteiger partial charge in [0.1, 0.15) is 18.3 Å². The van der Waals surface area contributed by atoms with Gasteiger partial charge in [0.25, 0.3) is 0 Å². The number of aliphatic hydroxyl groups is 3. The third kappa shape index (κ3) is 9.11. The zero-order valence-electron chi connectivity index (χ0n) is 16.8. The highest BCUT2D eigenvalue weighted by molar-refractivity contribution is 4.88. The zero-order valence-corrected chi connectivity index (χ0v) is 16.8. The first-order valence-electron chi connectivity index (χ1n) is 10.5. The molecule has 0 bridgehead atoms. The van der Waals surface area contributed by atoms with Gasteiger partial charge in [-0.3, -0.25) is 4.90 Å². The SMILES string of the molecule is CCCCCCCCCCCCN(CCO)C[C@H]1O[C@H](OC)[C@@H](O)[C@@H]1O. The molecule has 1 fully saturated rings. The Kier molecular flexibility index (Phi) is 13.5. The summed E-state index contributed by atoms with van der Waals surface area (Å²) in [4.78, 5) is 2.10. The second-order valence-electron chi connectivity index (χ2n) is 7.47. The summed E-state index contributed by atoms with van der Waals surface area (Å²) in [6.07, 6.45) is 9.71. The summed E-state index contributed by atoms with van der Waals surface area (Å²) in [6, 6.07) is 0. The maximum atomic E-state index is 10.1. The van der Waals surface area contributed by atoms with Gasteiger partial charge in [-0.15, -0.1) is 0 Å². The molecular formula is C20H41NO5. The average molecular weight is 376 g/mol. The molecule has 6 heteroatoms. The third-order valence-corrected chi connectivity index (χ3v) is 5.23. The molecule has 1 aliphatic heterocycles. The van der Waals surface area contributed by atoms with Crippen LogP contribution in [0.4, 0.5) is 0 Å². The molecule has 0 saturated carbocycles. The van der Waals surface area contributed by atoms with Crippen molar-refractivity contribution in [2.45, 2.75) is 95.7 Å². The Morgan fingerprint density at radius 3 is 1.92 bits per heavy atom. The van der Waals surface area contributed by atoms with Crippen molar-refractivity contribution in [3.63, 3.8) is 0 Å².